The molecular formula is C18H20N2O5. The van der Waals surface area contributed by atoms with Gasteiger partial charge in [0.15, 0.2) is 17.3 Å². The molecule has 132 valence electrons. The van der Waals surface area contributed by atoms with E-state index in [0.29, 0.717) is 35.0 Å². The van der Waals surface area contributed by atoms with Gasteiger partial charge in [0.1, 0.15) is 11.8 Å². The largest absolute Gasteiger partial charge is 0.493 e. The van der Waals surface area contributed by atoms with Crippen LogP contribution in [0, 0.1) is 11.3 Å². The van der Waals surface area contributed by atoms with Crippen LogP contribution in [0.1, 0.15) is 34.8 Å². The molecule has 1 atom stereocenters. The summed E-state index contributed by atoms with van der Waals surface area (Å²) >= 11 is 0. The third-order valence-corrected chi connectivity index (χ3v) is 3.66. The standard InChI is InChI=1S/C18H20N2O5/c1-5-12-6-7-14(25-12)18(21)20-13(10-19)11-8-15(22-2)17(24-4)16(9-11)23-3/h6-9,13H,5H2,1-4H3,(H,20,21)/t13-/m1/s1. The molecule has 1 aromatic carbocycles. The molecule has 0 aliphatic rings. The number of rotatable bonds is 7. The van der Waals surface area contributed by atoms with E-state index in [0.717, 1.165) is 0 Å². The van der Waals surface area contributed by atoms with E-state index in [1.165, 1.54) is 21.3 Å². The molecule has 0 aliphatic heterocycles. The first-order valence-corrected chi connectivity index (χ1v) is 7.67. The van der Waals surface area contributed by atoms with Gasteiger partial charge in [0.2, 0.25) is 5.75 Å². The minimum absolute atomic E-state index is 0.157. The summed E-state index contributed by atoms with van der Waals surface area (Å²) in [4.78, 5) is 12.3. The van der Waals surface area contributed by atoms with E-state index in [-0.39, 0.29) is 5.76 Å². The molecule has 1 N–H and O–H groups in total. The van der Waals surface area contributed by atoms with Crippen molar-refractivity contribution in [1.29, 1.82) is 5.26 Å². The predicted molar refractivity (Wildman–Crippen MR) is 90.0 cm³/mol. The van der Waals surface area contributed by atoms with Gasteiger partial charge in [-0.1, -0.05) is 6.92 Å². The molecular weight excluding hydrogens is 324 g/mol. The van der Waals surface area contributed by atoms with Crippen LogP contribution >= 0.6 is 0 Å². The summed E-state index contributed by atoms with van der Waals surface area (Å²) in [6, 6.07) is 7.70. The van der Waals surface area contributed by atoms with Crippen LogP contribution in [0.4, 0.5) is 0 Å². The monoisotopic (exact) mass is 344 g/mol. The maximum Gasteiger partial charge on any atom is 0.288 e. The smallest absolute Gasteiger partial charge is 0.288 e. The van der Waals surface area contributed by atoms with Gasteiger partial charge in [0.25, 0.3) is 5.91 Å². The number of nitrogens with one attached hydrogen (secondary N) is 1. The van der Waals surface area contributed by atoms with E-state index in [1.807, 2.05) is 6.92 Å². The highest BCUT2D eigenvalue weighted by Crippen LogP contribution is 2.39. The van der Waals surface area contributed by atoms with Crippen molar-refractivity contribution in [2.75, 3.05) is 21.3 Å². The van der Waals surface area contributed by atoms with Gasteiger partial charge in [-0.25, -0.2) is 0 Å². The molecule has 1 amide bonds. The van der Waals surface area contributed by atoms with Crippen molar-refractivity contribution < 1.29 is 23.4 Å². The van der Waals surface area contributed by atoms with Gasteiger partial charge in [0, 0.05) is 6.42 Å². The van der Waals surface area contributed by atoms with Gasteiger partial charge < -0.3 is 23.9 Å². The second kappa shape index (κ2) is 8.11. The lowest BCUT2D eigenvalue weighted by Gasteiger charge is -2.17. The average Bonchev–Trinajstić information content (AvgIpc) is 3.13. The van der Waals surface area contributed by atoms with Gasteiger partial charge in [-0.05, 0) is 29.8 Å². The van der Waals surface area contributed by atoms with Crippen LogP contribution in [0.15, 0.2) is 28.7 Å². The molecule has 0 radical (unpaired) electrons. The van der Waals surface area contributed by atoms with Crippen LogP contribution in [-0.4, -0.2) is 27.2 Å². The summed E-state index contributed by atoms with van der Waals surface area (Å²) in [6.07, 6.45) is 0.682. The molecule has 0 bridgehead atoms. The summed E-state index contributed by atoms with van der Waals surface area (Å²) < 4.78 is 21.2. The lowest BCUT2D eigenvalue weighted by molar-refractivity contribution is 0.0915. The number of nitriles is 1. The zero-order valence-corrected chi connectivity index (χ0v) is 14.6. The maximum absolute atomic E-state index is 12.3. The molecule has 1 aromatic heterocycles. The summed E-state index contributed by atoms with van der Waals surface area (Å²) in [5.41, 5.74) is 0.507. The van der Waals surface area contributed by atoms with Crippen molar-refractivity contribution in [3.63, 3.8) is 0 Å². The predicted octanol–water partition coefficient (Wildman–Crippen LogP) is 2.86. The fourth-order valence-electron chi connectivity index (χ4n) is 2.35. The second-order valence-corrected chi connectivity index (χ2v) is 5.11. The number of methoxy groups -OCH3 is 3. The second-order valence-electron chi connectivity index (χ2n) is 5.11. The number of nitrogens with zero attached hydrogens (tertiary/aromatic N) is 1. The Balaban J connectivity index is 2.31. The number of amides is 1. The molecule has 7 nitrogen and oxygen atoms in total. The third-order valence-electron chi connectivity index (χ3n) is 3.66. The molecule has 7 heteroatoms. The Morgan fingerprint density at radius 3 is 2.28 bits per heavy atom. The highest BCUT2D eigenvalue weighted by atomic mass is 16.5. The first kappa shape index (κ1) is 18.2. The summed E-state index contributed by atoms with van der Waals surface area (Å²) in [7, 11) is 4.46. The van der Waals surface area contributed by atoms with Gasteiger partial charge >= 0.3 is 0 Å². The van der Waals surface area contributed by atoms with Crippen molar-refractivity contribution >= 4 is 5.91 Å². The topological polar surface area (TPSA) is 93.7 Å². The fourth-order valence-corrected chi connectivity index (χ4v) is 2.35. The van der Waals surface area contributed by atoms with Crippen LogP contribution in [0.25, 0.3) is 0 Å². The van der Waals surface area contributed by atoms with Crippen molar-refractivity contribution in [2.24, 2.45) is 0 Å². The first-order chi connectivity index (χ1) is 12.1. The molecule has 0 saturated heterocycles. The minimum atomic E-state index is -0.906. The van der Waals surface area contributed by atoms with E-state index in [1.54, 1.807) is 24.3 Å². The maximum atomic E-state index is 12.3. The number of ether oxygens (including phenoxy) is 3. The van der Waals surface area contributed by atoms with Crippen molar-refractivity contribution in [3.05, 3.63) is 41.3 Å². The van der Waals surface area contributed by atoms with Crippen molar-refractivity contribution in [3.8, 4) is 23.3 Å². The number of carbonyl (C=O) groups is 1. The third kappa shape index (κ3) is 3.86. The van der Waals surface area contributed by atoms with E-state index in [2.05, 4.69) is 11.4 Å². The van der Waals surface area contributed by atoms with Crippen LogP contribution in [0.2, 0.25) is 0 Å². The minimum Gasteiger partial charge on any atom is -0.493 e. The summed E-state index contributed by atoms with van der Waals surface area (Å²) in [5.74, 6) is 1.60. The number of benzene rings is 1. The quantitative estimate of drug-likeness (QED) is 0.830. The van der Waals surface area contributed by atoms with E-state index >= 15 is 0 Å². The Morgan fingerprint density at radius 2 is 1.84 bits per heavy atom. The summed E-state index contributed by atoms with van der Waals surface area (Å²) in [6.45, 7) is 1.93. The fraction of sp³-hybridized carbons (Fsp3) is 0.333. The lowest BCUT2D eigenvalue weighted by Crippen LogP contribution is -2.27. The highest BCUT2D eigenvalue weighted by Gasteiger charge is 2.22. The zero-order valence-electron chi connectivity index (χ0n) is 14.6. The highest BCUT2D eigenvalue weighted by molar-refractivity contribution is 5.92. The Morgan fingerprint density at radius 1 is 1.20 bits per heavy atom. The molecule has 0 fully saturated rings. The molecule has 0 aliphatic carbocycles. The van der Waals surface area contributed by atoms with Gasteiger partial charge in [-0.2, -0.15) is 5.26 Å². The van der Waals surface area contributed by atoms with Crippen LogP contribution in [-0.2, 0) is 6.42 Å². The Labute approximate surface area is 146 Å². The number of hydrogen-bond acceptors (Lipinski definition) is 6. The van der Waals surface area contributed by atoms with Gasteiger partial charge in [0.05, 0.1) is 27.4 Å². The molecule has 0 saturated carbocycles. The lowest BCUT2D eigenvalue weighted by atomic mass is 10.1. The van der Waals surface area contributed by atoms with Crippen LogP contribution < -0.4 is 19.5 Å². The van der Waals surface area contributed by atoms with Crippen molar-refractivity contribution in [1.82, 2.24) is 5.32 Å². The molecule has 2 rings (SSSR count). The van der Waals surface area contributed by atoms with E-state index < -0.39 is 11.9 Å². The van der Waals surface area contributed by atoms with E-state index in [4.69, 9.17) is 18.6 Å². The number of furan rings is 1. The van der Waals surface area contributed by atoms with Gasteiger partial charge in [-0.15, -0.1) is 0 Å². The zero-order chi connectivity index (χ0) is 18.4. The van der Waals surface area contributed by atoms with Gasteiger partial charge in [-0.3, -0.25) is 4.79 Å². The molecule has 25 heavy (non-hydrogen) atoms. The average molecular weight is 344 g/mol. The summed E-state index contributed by atoms with van der Waals surface area (Å²) in [5, 5.41) is 12.1. The Kier molecular flexibility index (Phi) is 5.90. The molecule has 0 unspecified atom stereocenters. The molecule has 1 heterocycles. The SMILES string of the molecule is CCc1ccc(C(=O)N[C@H](C#N)c2cc(OC)c(OC)c(OC)c2)o1. The van der Waals surface area contributed by atoms with Crippen LogP contribution in [0.5, 0.6) is 17.2 Å². The molecule has 0 spiro atoms. The normalized spacial score (nSPS) is 11.3. The molecule has 2 aromatic rings. The first-order valence-electron chi connectivity index (χ1n) is 7.67. The number of hydrogen-bond donors (Lipinski definition) is 1. The number of aryl methyl sites for hydroxylation is 1. The van der Waals surface area contributed by atoms with E-state index in [9.17, 15) is 10.1 Å². The Hall–Kier alpha value is -3.14. The van der Waals surface area contributed by atoms with Crippen molar-refractivity contribution in [2.45, 2.75) is 19.4 Å². The van der Waals surface area contributed by atoms with Crippen LogP contribution in [0.3, 0.4) is 0 Å². The number of carbonyl (C=O) groups excluding carboxylic acids is 1. The Bertz CT molecular complexity index is 766.